The van der Waals surface area contributed by atoms with Crippen molar-refractivity contribution < 1.29 is 9.47 Å². The van der Waals surface area contributed by atoms with Crippen LogP contribution in [-0.2, 0) is 0 Å². The van der Waals surface area contributed by atoms with Gasteiger partial charge in [-0.05, 0) is 42.1 Å². The molecule has 4 aromatic rings. The van der Waals surface area contributed by atoms with E-state index in [2.05, 4.69) is 45.7 Å². The molecule has 0 aliphatic carbocycles. The summed E-state index contributed by atoms with van der Waals surface area (Å²) in [6, 6.07) is 12.1. The lowest BCUT2D eigenvalue weighted by Crippen LogP contribution is -1.97. The fourth-order valence-corrected chi connectivity index (χ4v) is 3.62. The Kier molecular flexibility index (Phi) is 3.18. The lowest BCUT2D eigenvalue weighted by Gasteiger charge is -2.09. The molecule has 1 aliphatic heterocycles. The monoisotopic (exact) mass is 349 g/mol. The van der Waals surface area contributed by atoms with Crippen LogP contribution in [0.1, 0.15) is 5.56 Å². The fraction of sp³-hybridized carbons (Fsp3) is 0.105. The molecule has 0 amide bonds. The number of benzene rings is 1. The third kappa shape index (κ3) is 2.42. The highest BCUT2D eigenvalue weighted by Crippen LogP contribution is 2.37. The zero-order chi connectivity index (χ0) is 16.8. The topological polar surface area (TPSA) is 47.8 Å². The van der Waals surface area contributed by atoms with Crippen LogP contribution < -0.4 is 14.8 Å². The summed E-state index contributed by atoms with van der Waals surface area (Å²) in [5.74, 6) is 2.47. The molecule has 0 fully saturated rings. The Labute approximate surface area is 148 Å². The van der Waals surface area contributed by atoms with Gasteiger partial charge in [0.25, 0.3) is 0 Å². The smallest absolute Gasteiger partial charge is 0.231 e. The van der Waals surface area contributed by atoms with Crippen LogP contribution in [0, 0.1) is 6.92 Å². The van der Waals surface area contributed by atoms with Crippen molar-refractivity contribution in [2.45, 2.75) is 6.92 Å². The Morgan fingerprint density at radius 1 is 1.12 bits per heavy atom. The van der Waals surface area contributed by atoms with Gasteiger partial charge in [-0.2, -0.15) is 11.3 Å². The average molecular weight is 349 g/mol. The number of hydrogen-bond acceptors (Lipinski definition) is 5. The molecule has 1 aliphatic rings. The first-order valence-corrected chi connectivity index (χ1v) is 8.90. The highest BCUT2D eigenvalue weighted by molar-refractivity contribution is 7.08. The Hall–Kier alpha value is -2.99. The van der Waals surface area contributed by atoms with Crippen molar-refractivity contribution in [1.82, 2.24) is 9.38 Å². The van der Waals surface area contributed by atoms with Gasteiger partial charge in [0.05, 0.1) is 0 Å². The van der Waals surface area contributed by atoms with E-state index in [-0.39, 0.29) is 6.79 Å². The first kappa shape index (κ1) is 14.4. The zero-order valence-electron chi connectivity index (χ0n) is 13.5. The first-order chi connectivity index (χ1) is 12.3. The summed E-state index contributed by atoms with van der Waals surface area (Å²) in [4.78, 5) is 4.82. The minimum atomic E-state index is 0.272. The number of nitrogens with one attached hydrogen (secondary N) is 1. The molecule has 124 valence electrons. The van der Waals surface area contributed by atoms with E-state index in [1.54, 1.807) is 11.3 Å². The third-order valence-corrected chi connectivity index (χ3v) is 4.88. The van der Waals surface area contributed by atoms with Gasteiger partial charge in [-0.25, -0.2) is 4.98 Å². The lowest BCUT2D eigenvalue weighted by molar-refractivity contribution is 0.174. The summed E-state index contributed by atoms with van der Waals surface area (Å²) in [7, 11) is 0. The molecule has 5 rings (SSSR count). The van der Waals surface area contributed by atoms with E-state index in [0.717, 1.165) is 39.9 Å². The van der Waals surface area contributed by atoms with Crippen LogP contribution in [0.25, 0.3) is 16.9 Å². The fourth-order valence-electron chi connectivity index (χ4n) is 2.98. The molecular formula is C19H15N3O2S. The molecule has 0 unspecified atom stereocenters. The predicted octanol–water partition coefficient (Wildman–Crippen LogP) is 4.84. The third-order valence-electron chi connectivity index (χ3n) is 4.20. The van der Waals surface area contributed by atoms with Crippen LogP contribution in [0.5, 0.6) is 11.5 Å². The van der Waals surface area contributed by atoms with Crippen molar-refractivity contribution >= 4 is 28.5 Å². The van der Waals surface area contributed by atoms with Gasteiger partial charge in [0.15, 0.2) is 11.5 Å². The number of hydrogen-bond donors (Lipinski definition) is 1. The second-order valence-electron chi connectivity index (χ2n) is 5.95. The van der Waals surface area contributed by atoms with Gasteiger partial charge in [-0.15, -0.1) is 0 Å². The summed E-state index contributed by atoms with van der Waals surface area (Å²) >= 11 is 1.67. The molecule has 0 spiro atoms. The first-order valence-electron chi connectivity index (χ1n) is 7.96. The summed E-state index contributed by atoms with van der Waals surface area (Å²) in [5.41, 5.74) is 5.06. The molecular weight excluding hydrogens is 334 g/mol. The van der Waals surface area contributed by atoms with Crippen molar-refractivity contribution in [1.29, 1.82) is 0 Å². The molecule has 0 saturated carbocycles. The Balaban J connectivity index is 1.66. The molecule has 4 heterocycles. The lowest BCUT2D eigenvalue weighted by atomic mass is 10.2. The second kappa shape index (κ2) is 5.53. The molecule has 0 bridgehead atoms. The van der Waals surface area contributed by atoms with Gasteiger partial charge >= 0.3 is 0 Å². The number of thiophene rings is 1. The number of fused-ring (bicyclic) bond motifs is 2. The van der Waals surface area contributed by atoms with Crippen LogP contribution in [-0.4, -0.2) is 16.2 Å². The van der Waals surface area contributed by atoms with Crippen molar-refractivity contribution in [2.75, 3.05) is 12.1 Å². The van der Waals surface area contributed by atoms with E-state index < -0.39 is 0 Å². The van der Waals surface area contributed by atoms with E-state index in [0.29, 0.717) is 0 Å². The molecule has 6 heteroatoms. The van der Waals surface area contributed by atoms with E-state index in [9.17, 15) is 0 Å². The van der Waals surface area contributed by atoms with Gasteiger partial charge in [0.2, 0.25) is 6.79 Å². The average Bonchev–Trinajstić information content (AvgIpc) is 3.34. The van der Waals surface area contributed by atoms with Crippen molar-refractivity contribution in [3.05, 3.63) is 58.9 Å². The highest BCUT2D eigenvalue weighted by atomic mass is 32.1. The number of aromatic nitrogens is 2. The molecule has 0 radical (unpaired) electrons. The zero-order valence-corrected chi connectivity index (χ0v) is 14.3. The quantitative estimate of drug-likeness (QED) is 0.575. The molecule has 3 aromatic heterocycles. The van der Waals surface area contributed by atoms with E-state index in [1.165, 1.54) is 5.56 Å². The summed E-state index contributed by atoms with van der Waals surface area (Å²) in [5, 5.41) is 7.69. The number of rotatable bonds is 3. The largest absolute Gasteiger partial charge is 0.454 e. The molecule has 0 saturated heterocycles. The summed E-state index contributed by atoms with van der Waals surface area (Å²) in [6.45, 7) is 2.35. The van der Waals surface area contributed by atoms with Gasteiger partial charge in [-0.1, -0.05) is 6.07 Å². The van der Waals surface area contributed by atoms with Gasteiger partial charge in [0.1, 0.15) is 17.2 Å². The Morgan fingerprint density at radius 3 is 2.92 bits per heavy atom. The summed E-state index contributed by atoms with van der Waals surface area (Å²) < 4.78 is 13.0. The summed E-state index contributed by atoms with van der Waals surface area (Å²) in [6.07, 6.45) is 2.09. The van der Waals surface area contributed by atoms with Crippen LogP contribution in [0.15, 0.2) is 53.4 Å². The molecule has 5 nitrogen and oxygen atoms in total. The van der Waals surface area contributed by atoms with Crippen molar-refractivity contribution in [3.63, 3.8) is 0 Å². The van der Waals surface area contributed by atoms with Crippen LogP contribution >= 0.6 is 11.3 Å². The number of imidazole rings is 1. The Bertz CT molecular complexity index is 1070. The van der Waals surface area contributed by atoms with Gasteiger partial charge < -0.3 is 14.8 Å². The van der Waals surface area contributed by atoms with Gasteiger partial charge in [-0.3, -0.25) is 4.40 Å². The number of nitrogens with zero attached hydrogens (tertiary/aromatic N) is 2. The standard InChI is InChI=1S/C19H15N3O2S/c1-12-2-5-17-21-18(13-6-7-25-10-13)19(22(17)9-12)20-14-3-4-15-16(8-14)24-11-23-15/h2-10,20H,11H2,1H3. The van der Waals surface area contributed by atoms with E-state index in [1.807, 2.05) is 24.3 Å². The van der Waals surface area contributed by atoms with Crippen molar-refractivity contribution in [2.24, 2.45) is 0 Å². The number of anilines is 2. The maximum Gasteiger partial charge on any atom is 0.231 e. The highest BCUT2D eigenvalue weighted by Gasteiger charge is 2.17. The van der Waals surface area contributed by atoms with Crippen molar-refractivity contribution in [3.8, 4) is 22.8 Å². The van der Waals surface area contributed by atoms with Gasteiger partial charge in [0, 0.05) is 28.9 Å². The van der Waals surface area contributed by atoms with Crippen LogP contribution in [0.3, 0.4) is 0 Å². The van der Waals surface area contributed by atoms with Crippen LogP contribution in [0.2, 0.25) is 0 Å². The molecule has 1 aromatic carbocycles. The Morgan fingerprint density at radius 2 is 2.04 bits per heavy atom. The maximum atomic E-state index is 5.48. The number of ether oxygens (including phenoxy) is 2. The SMILES string of the molecule is Cc1ccc2nc(-c3ccsc3)c(Nc3ccc4c(c3)OCO4)n2c1. The minimum absolute atomic E-state index is 0.272. The maximum absolute atomic E-state index is 5.48. The molecule has 25 heavy (non-hydrogen) atoms. The molecule has 1 N–H and O–H groups in total. The van der Waals surface area contributed by atoms with Crippen LogP contribution in [0.4, 0.5) is 11.5 Å². The predicted molar refractivity (Wildman–Crippen MR) is 99.1 cm³/mol. The van der Waals surface area contributed by atoms with E-state index in [4.69, 9.17) is 14.5 Å². The number of aryl methyl sites for hydroxylation is 1. The minimum Gasteiger partial charge on any atom is -0.454 e. The normalized spacial score (nSPS) is 12.7. The number of pyridine rings is 1. The van der Waals surface area contributed by atoms with E-state index >= 15 is 0 Å². The molecule has 0 atom stereocenters. The second-order valence-corrected chi connectivity index (χ2v) is 6.73.